The van der Waals surface area contributed by atoms with Crippen molar-refractivity contribution in [3.05, 3.63) is 64.6 Å². The highest BCUT2D eigenvalue weighted by Crippen LogP contribution is 2.18. The summed E-state index contributed by atoms with van der Waals surface area (Å²) in [7, 11) is 0. The van der Waals surface area contributed by atoms with Crippen LogP contribution in [0.15, 0.2) is 42.7 Å². The van der Waals surface area contributed by atoms with Crippen molar-refractivity contribution in [1.29, 1.82) is 0 Å². The Morgan fingerprint density at radius 2 is 1.74 bits per heavy atom. The molecular weight excluding hydrogens is 344 g/mol. The second-order valence-electron chi connectivity index (χ2n) is 6.81. The predicted octanol–water partition coefficient (Wildman–Crippen LogP) is 1.33. The number of pyridine rings is 1. The maximum atomic E-state index is 12.5. The minimum absolute atomic E-state index is 0.0495. The number of nitrogens with zero attached hydrogens (tertiary/aromatic N) is 3. The second-order valence-corrected chi connectivity index (χ2v) is 6.81. The summed E-state index contributed by atoms with van der Waals surface area (Å²) in [6.45, 7) is 6.71. The molecule has 0 bridgehead atoms. The molecule has 1 aromatic carbocycles. The molecule has 0 radical (unpaired) electrons. The molecule has 1 aliphatic heterocycles. The minimum atomic E-state index is -0.0879. The zero-order valence-electron chi connectivity index (χ0n) is 15.6. The van der Waals surface area contributed by atoms with E-state index in [1.54, 1.807) is 4.90 Å². The van der Waals surface area contributed by atoms with Crippen molar-refractivity contribution in [2.24, 2.45) is 0 Å². The number of benzene rings is 1. The highest BCUT2D eigenvalue weighted by molar-refractivity contribution is 5.94. The molecule has 0 saturated carbocycles. The molecule has 1 aromatic heterocycles. The first kappa shape index (κ1) is 18.8. The van der Waals surface area contributed by atoms with Gasteiger partial charge in [0.2, 0.25) is 5.91 Å². The summed E-state index contributed by atoms with van der Waals surface area (Å²) in [5, 5.41) is 14.1. The van der Waals surface area contributed by atoms with Crippen LogP contribution in [-0.4, -0.2) is 54.3 Å². The molecule has 7 heteroatoms. The summed E-state index contributed by atoms with van der Waals surface area (Å²) >= 11 is 0. The molecule has 2 heterocycles. The number of anilines is 1. The summed E-state index contributed by atoms with van der Waals surface area (Å²) in [6, 6.07) is 8.91. The number of rotatable bonds is 4. The number of carbonyl (C=O) groups excluding carboxylic acids is 2. The Bertz CT molecular complexity index is 828. The second kappa shape index (κ2) is 8.18. The lowest BCUT2D eigenvalue weighted by Gasteiger charge is -2.34. The molecule has 0 atom stereocenters. The van der Waals surface area contributed by atoms with Gasteiger partial charge >= 0.3 is 0 Å². The van der Waals surface area contributed by atoms with Crippen molar-refractivity contribution >= 4 is 17.5 Å². The van der Waals surface area contributed by atoms with Gasteiger partial charge in [-0.3, -0.25) is 14.5 Å². The van der Waals surface area contributed by atoms with Crippen molar-refractivity contribution in [3.8, 4) is 0 Å². The van der Waals surface area contributed by atoms with Gasteiger partial charge in [0.05, 0.1) is 12.1 Å². The smallest absolute Gasteiger partial charge is 0.254 e. The molecule has 2 aromatic rings. The number of aromatic nitrogens is 1. The number of aryl methyl sites for hydroxylation is 1. The Labute approximate surface area is 158 Å². The van der Waals surface area contributed by atoms with E-state index in [4.69, 9.17) is 0 Å². The van der Waals surface area contributed by atoms with Crippen LogP contribution in [-0.2, 0) is 4.79 Å². The van der Waals surface area contributed by atoms with Gasteiger partial charge in [0.25, 0.3) is 5.91 Å². The Balaban J connectivity index is 1.50. The lowest BCUT2D eigenvalue weighted by Crippen LogP contribution is -2.50. The maximum absolute atomic E-state index is 12.5. The standard InChI is InChI=1S/C20H24N4O3/c1-15-4-3-5-18(16(15)2)21-19(25)14-22-10-12-23(13-11-22)20(26)17-6-8-24(27)9-7-17/h3-9H,10-14H2,1-2H3,(H,21,25). The number of hydrogen-bond acceptors (Lipinski definition) is 4. The fourth-order valence-corrected chi connectivity index (χ4v) is 3.13. The van der Waals surface area contributed by atoms with Crippen molar-refractivity contribution in [2.75, 3.05) is 38.0 Å². The average Bonchev–Trinajstić information content (AvgIpc) is 2.66. The number of nitrogens with one attached hydrogen (secondary N) is 1. The van der Waals surface area contributed by atoms with E-state index in [1.165, 1.54) is 24.5 Å². The number of piperazine rings is 1. The summed E-state index contributed by atoms with van der Waals surface area (Å²) in [4.78, 5) is 28.6. The molecule has 1 fully saturated rings. The molecule has 142 valence electrons. The van der Waals surface area contributed by atoms with E-state index >= 15 is 0 Å². The third-order valence-electron chi connectivity index (χ3n) is 4.95. The number of hydrogen-bond donors (Lipinski definition) is 1. The topological polar surface area (TPSA) is 79.6 Å². The van der Waals surface area contributed by atoms with Gasteiger partial charge in [0.15, 0.2) is 12.4 Å². The van der Waals surface area contributed by atoms with Gasteiger partial charge in [-0.05, 0) is 31.0 Å². The zero-order chi connectivity index (χ0) is 19.4. The summed E-state index contributed by atoms with van der Waals surface area (Å²) in [5.74, 6) is -0.137. The van der Waals surface area contributed by atoms with E-state index in [-0.39, 0.29) is 11.8 Å². The number of amides is 2. The van der Waals surface area contributed by atoms with Crippen LogP contribution in [0.2, 0.25) is 0 Å². The fourth-order valence-electron chi connectivity index (χ4n) is 3.13. The van der Waals surface area contributed by atoms with Crippen LogP contribution in [0.4, 0.5) is 5.69 Å². The molecule has 7 nitrogen and oxygen atoms in total. The molecule has 0 spiro atoms. The molecule has 2 amide bonds. The lowest BCUT2D eigenvalue weighted by molar-refractivity contribution is -0.605. The highest BCUT2D eigenvalue weighted by Gasteiger charge is 2.23. The van der Waals surface area contributed by atoms with Crippen LogP contribution >= 0.6 is 0 Å². The van der Waals surface area contributed by atoms with Crippen LogP contribution in [0.25, 0.3) is 0 Å². The quantitative estimate of drug-likeness (QED) is 0.652. The van der Waals surface area contributed by atoms with Gasteiger partial charge in [0, 0.05) is 44.0 Å². The Kier molecular flexibility index (Phi) is 5.71. The van der Waals surface area contributed by atoms with Gasteiger partial charge < -0.3 is 15.4 Å². The van der Waals surface area contributed by atoms with Crippen LogP contribution in [0.1, 0.15) is 21.5 Å². The predicted molar refractivity (Wildman–Crippen MR) is 102 cm³/mol. The van der Waals surface area contributed by atoms with Crippen molar-refractivity contribution < 1.29 is 14.3 Å². The van der Waals surface area contributed by atoms with Crippen LogP contribution < -0.4 is 10.0 Å². The van der Waals surface area contributed by atoms with E-state index in [2.05, 4.69) is 5.32 Å². The van der Waals surface area contributed by atoms with Gasteiger partial charge in [-0.15, -0.1) is 0 Å². The van der Waals surface area contributed by atoms with Crippen molar-refractivity contribution in [3.63, 3.8) is 0 Å². The van der Waals surface area contributed by atoms with Gasteiger partial charge in [-0.25, -0.2) is 0 Å². The summed E-state index contributed by atoms with van der Waals surface area (Å²) < 4.78 is 0.656. The molecule has 0 aliphatic carbocycles. The van der Waals surface area contributed by atoms with Crippen LogP contribution in [0.3, 0.4) is 0 Å². The molecule has 27 heavy (non-hydrogen) atoms. The van der Waals surface area contributed by atoms with E-state index in [0.29, 0.717) is 43.0 Å². The minimum Gasteiger partial charge on any atom is -0.619 e. The first-order chi connectivity index (χ1) is 12.9. The normalized spacial score (nSPS) is 14.8. The molecule has 1 N–H and O–H groups in total. The summed E-state index contributed by atoms with van der Waals surface area (Å²) in [6.07, 6.45) is 2.64. The fraction of sp³-hybridized carbons (Fsp3) is 0.350. The molecule has 0 unspecified atom stereocenters. The Morgan fingerprint density at radius 3 is 2.41 bits per heavy atom. The number of carbonyl (C=O) groups is 2. The lowest BCUT2D eigenvalue weighted by atomic mass is 10.1. The van der Waals surface area contributed by atoms with Crippen LogP contribution in [0.5, 0.6) is 0 Å². The highest BCUT2D eigenvalue weighted by atomic mass is 16.5. The third kappa shape index (κ3) is 4.62. The van der Waals surface area contributed by atoms with Crippen molar-refractivity contribution in [1.82, 2.24) is 9.80 Å². The summed E-state index contributed by atoms with van der Waals surface area (Å²) in [5.41, 5.74) is 3.56. The zero-order valence-corrected chi connectivity index (χ0v) is 15.6. The van der Waals surface area contributed by atoms with E-state index in [9.17, 15) is 14.8 Å². The molecule has 1 aliphatic rings. The van der Waals surface area contributed by atoms with Crippen LogP contribution in [0, 0.1) is 19.1 Å². The monoisotopic (exact) mass is 368 g/mol. The largest absolute Gasteiger partial charge is 0.619 e. The SMILES string of the molecule is Cc1cccc(NC(=O)CN2CCN(C(=O)c3cc[n+]([O-])cc3)CC2)c1C. The molecule has 3 rings (SSSR count). The Hall–Kier alpha value is -2.93. The van der Waals surface area contributed by atoms with Crippen molar-refractivity contribution in [2.45, 2.75) is 13.8 Å². The first-order valence-electron chi connectivity index (χ1n) is 9.00. The Morgan fingerprint density at radius 1 is 1.07 bits per heavy atom. The molecule has 1 saturated heterocycles. The van der Waals surface area contributed by atoms with E-state index in [1.807, 2.05) is 36.9 Å². The third-order valence-corrected chi connectivity index (χ3v) is 4.95. The van der Waals surface area contributed by atoms with Gasteiger partial charge in [0.1, 0.15) is 0 Å². The first-order valence-corrected chi connectivity index (χ1v) is 9.00. The maximum Gasteiger partial charge on any atom is 0.254 e. The van der Waals surface area contributed by atoms with Gasteiger partial charge in [-0.1, -0.05) is 12.1 Å². The van der Waals surface area contributed by atoms with E-state index < -0.39 is 0 Å². The average molecular weight is 368 g/mol. The molecular formula is C20H24N4O3. The van der Waals surface area contributed by atoms with Gasteiger partial charge in [-0.2, -0.15) is 4.73 Å². The van der Waals surface area contributed by atoms with E-state index in [0.717, 1.165) is 16.8 Å².